The lowest BCUT2D eigenvalue weighted by Gasteiger charge is -2.04. The van der Waals surface area contributed by atoms with E-state index in [0.29, 0.717) is 0 Å². The average molecular weight is 246 g/mol. The Labute approximate surface area is 107 Å². The van der Waals surface area contributed by atoms with E-state index in [9.17, 15) is 0 Å². The van der Waals surface area contributed by atoms with E-state index in [-0.39, 0.29) is 0 Å². The molecule has 1 aromatic heterocycles. The first-order valence-electron chi connectivity index (χ1n) is 6.15. The Morgan fingerprint density at radius 2 is 1.94 bits per heavy atom. The number of aryl methyl sites for hydroxylation is 3. The van der Waals surface area contributed by atoms with E-state index < -0.39 is 0 Å². The average Bonchev–Trinajstić information content (AvgIpc) is 2.81. The SMILES string of the molecule is COc1ccc(CCCCn2nnnc2C)cc1. The highest BCUT2D eigenvalue weighted by Crippen LogP contribution is 2.13. The maximum absolute atomic E-state index is 5.13. The first-order chi connectivity index (χ1) is 8.79. The highest BCUT2D eigenvalue weighted by Gasteiger charge is 2.00. The summed E-state index contributed by atoms with van der Waals surface area (Å²) in [4.78, 5) is 0. The topological polar surface area (TPSA) is 52.8 Å². The predicted molar refractivity (Wildman–Crippen MR) is 68.5 cm³/mol. The molecule has 0 unspecified atom stereocenters. The molecule has 0 spiro atoms. The van der Waals surface area contributed by atoms with Crippen LogP contribution < -0.4 is 4.74 Å². The van der Waals surface area contributed by atoms with Crippen molar-refractivity contribution in [3.8, 4) is 5.75 Å². The minimum absolute atomic E-state index is 0.874. The molecule has 96 valence electrons. The molecular formula is C13H18N4O. The van der Waals surface area contributed by atoms with Crippen molar-refractivity contribution in [3.63, 3.8) is 0 Å². The summed E-state index contributed by atoms with van der Waals surface area (Å²) < 4.78 is 6.97. The molecule has 0 saturated heterocycles. The number of nitrogens with zero attached hydrogens (tertiary/aromatic N) is 4. The highest BCUT2D eigenvalue weighted by atomic mass is 16.5. The maximum atomic E-state index is 5.13. The van der Waals surface area contributed by atoms with Gasteiger partial charge in [-0.15, -0.1) is 5.10 Å². The first kappa shape index (κ1) is 12.5. The first-order valence-corrected chi connectivity index (χ1v) is 6.15. The van der Waals surface area contributed by atoms with Crippen molar-refractivity contribution in [2.75, 3.05) is 7.11 Å². The maximum Gasteiger partial charge on any atom is 0.148 e. The molecule has 0 fully saturated rings. The molecule has 0 saturated carbocycles. The van der Waals surface area contributed by atoms with E-state index in [1.54, 1.807) is 7.11 Å². The monoisotopic (exact) mass is 246 g/mol. The molecule has 1 aromatic carbocycles. The lowest BCUT2D eigenvalue weighted by atomic mass is 10.1. The van der Waals surface area contributed by atoms with E-state index in [0.717, 1.165) is 37.4 Å². The molecule has 2 rings (SSSR count). The third kappa shape index (κ3) is 3.29. The molecule has 5 heteroatoms. The quantitative estimate of drug-likeness (QED) is 0.732. The second-order valence-electron chi connectivity index (χ2n) is 4.25. The number of tetrazole rings is 1. The normalized spacial score (nSPS) is 10.6. The van der Waals surface area contributed by atoms with Crippen LogP contribution in [0.25, 0.3) is 0 Å². The van der Waals surface area contributed by atoms with Crippen LogP contribution in [-0.2, 0) is 13.0 Å². The van der Waals surface area contributed by atoms with Crippen molar-refractivity contribution in [3.05, 3.63) is 35.7 Å². The summed E-state index contributed by atoms with van der Waals surface area (Å²) in [5.41, 5.74) is 1.34. The summed E-state index contributed by atoms with van der Waals surface area (Å²) in [7, 11) is 1.68. The van der Waals surface area contributed by atoms with Gasteiger partial charge in [-0.2, -0.15) is 0 Å². The van der Waals surface area contributed by atoms with Gasteiger partial charge in [-0.05, 0) is 54.3 Å². The van der Waals surface area contributed by atoms with E-state index >= 15 is 0 Å². The summed E-state index contributed by atoms with van der Waals surface area (Å²) in [6, 6.07) is 8.23. The van der Waals surface area contributed by atoms with Crippen molar-refractivity contribution in [2.45, 2.75) is 32.7 Å². The van der Waals surface area contributed by atoms with Crippen LogP contribution in [0.2, 0.25) is 0 Å². The molecule has 2 aromatic rings. The number of benzene rings is 1. The molecule has 5 nitrogen and oxygen atoms in total. The zero-order chi connectivity index (χ0) is 12.8. The molecule has 0 aliphatic rings. The van der Waals surface area contributed by atoms with Gasteiger partial charge in [0.25, 0.3) is 0 Å². The van der Waals surface area contributed by atoms with Crippen LogP contribution in [0.4, 0.5) is 0 Å². The summed E-state index contributed by atoms with van der Waals surface area (Å²) in [5.74, 6) is 1.78. The van der Waals surface area contributed by atoms with Gasteiger partial charge in [0.15, 0.2) is 0 Å². The molecule has 0 bridgehead atoms. The van der Waals surface area contributed by atoms with Crippen LogP contribution in [0.15, 0.2) is 24.3 Å². The van der Waals surface area contributed by atoms with Crippen LogP contribution in [-0.4, -0.2) is 27.3 Å². The van der Waals surface area contributed by atoms with Gasteiger partial charge in [-0.25, -0.2) is 4.68 Å². The second kappa shape index (κ2) is 6.14. The van der Waals surface area contributed by atoms with Gasteiger partial charge < -0.3 is 4.74 Å². The van der Waals surface area contributed by atoms with Gasteiger partial charge in [-0.3, -0.25) is 0 Å². The van der Waals surface area contributed by atoms with E-state index in [1.165, 1.54) is 5.56 Å². The summed E-state index contributed by atoms with van der Waals surface area (Å²) >= 11 is 0. The van der Waals surface area contributed by atoms with Crippen molar-refractivity contribution in [1.82, 2.24) is 20.2 Å². The fourth-order valence-corrected chi connectivity index (χ4v) is 1.84. The zero-order valence-electron chi connectivity index (χ0n) is 10.8. The van der Waals surface area contributed by atoms with Gasteiger partial charge in [0.05, 0.1) is 7.11 Å². The Hall–Kier alpha value is -1.91. The molecular weight excluding hydrogens is 228 g/mol. The number of methoxy groups -OCH3 is 1. The van der Waals surface area contributed by atoms with Gasteiger partial charge >= 0.3 is 0 Å². The fraction of sp³-hybridized carbons (Fsp3) is 0.462. The number of hydrogen-bond acceptors (Lipinski definition) is 4. The molecule has 1 heterocycles. The Morgan fingerprint density at radius 3 is 2.56 bits per heavy atom. The van der Waals surface area contributed by atoms with E-state index in [1.807, 2.05) is 23.7 Å². The van der Waals surface area contributed by atoms with Gasteiger partial charge in [0.1, 0.15) is 11.6 Å². The van der Waals surface area contributed by atoms with Crippen molar-refractivity contribution in [2.24, 2.45) is 0 Å². The number of hydrogen-bond donors (Lipinski definition) is 0. The number of ether oxygens (including phenoxy) is 1. The molecule has 18 heavy (non-hydrogen) atoms. The number of rotatable bonds is 6. The Morgan fingerprint density at radius 1 is 1.17 bits per heavy atom. The summed E-state index contributed by atoms with van der Waals surface area (Å²) in [6.07, 6.45) is 3.29. The predicted octanol–water partition coefficient (Wildman–Crippen LogP) is 2.01. The summed E-state index contributed by atoms with van der Waals surface area (Å²) in [5, 5.41) is 11.4. The van der Waals surface area contributed by atoms with Gasteiger partial charge in [-0.1, -0.05) is 12.1 Å². The zero-order valence-corrected chi connectivity index (χ0v) is 10.8. The van der Waals surface area contributed by atoms with Crippen molar-refractivity contribution < 1.29 is 4.74 Å². The highest BCUT2D eigenvalue weighted by molar-refractivity contribution is 5.27. The lowest BCUT2D eigenvalue weighted by molar-refractivity contribution is 0.414. The minimum atomic E-state index is 0.874. The molecule has 0 atom stereocenters. The van der Waals surface area contributed by atoms with Gasteiger partial charge in [0.2, 0.25) is 0 Å². The minimum Gasteiger partial charge on any atom is -0.497 e. The van der Waals surface area contributed by atoms with Crippen LogP contribution in [0, 0.1) is 6.92 Å². The van der Waals surface area contributed by atoms with E-state index in [2.05, 4.69) is 27.7 Å². The number of unbranched alkanes of at least 4 members (excludes halogenated alkanes) is 1. The third-order valence-corrected chi connectivity index (χ3v) is 2.96. The smallest absolute Gasteiger partial charge is 0.148 e. The Balaban J connectivity index is 1.73. The Bertz CT molecular complexity index is 478. The van der Waals surface area contributed by atoms with Crippen LogP contribution in [0.3, 0.4) is 0 Å². The van der Waals surface area contributed by atoms with Crippen LogP contribution >= 0.6 is 0 Å². The molecule has 0 N–H and O–H groups in total. The standard InChI is InChI=1S/C13H18N4O/c1-11-14-15-16-17(11)10-4-3-5-12-6-8-13(18-2)9-7-12/h6-9H,3-5,10H2,1-2H3. The van der Waals surface area contributed by atoms with Gasteiger partial charge in [0, 0.05) is 6.54 Å². The van der Waals surface area contributed by atoms with E-state index in [4.69, 9.17) is 4.74 Å². The summed E-state index contributed by atoms with van der Waals surface area (Å²) in [6.45, 7) is 2.80. The fourth-order valence-electron chi connectivity index (χ4n) is 1.84. The van der Waals surface area contributed by atoms with Crippen LogP contribution in [0.1, 0.15) is 24.2 Å². The second-order valence-corrected chi connectivity index (χ2v) is 4.25. The van der Waals surface area contributed by atoms with Crippen LogP contribution in [0.5, 0.6) is 5.75 Å². The van der Waals surface area contributed by atoms with Crippen molar-refractivity contribution >= 4 is 0 Å². The molecule has 0 aliphatic carbocycles. The van der Waals surface area contributed by atoms with Crippen molar-refractivity contribution in [1.29, 1.82) is 0 Å². The third-order valence-electron chi connectivity index (χ3n) is 2.96. The molecule has 0 radical (unpaired) electrons. The lowest BCUT2D eigenvalue weighted by Crippen LogP contribution is -2.03. The Kier molecular flexibility index (Phi) is 4.28. The largest absolute Gasteiger partial charge is 0.497 e. The number of aromatic nitrogens is 4. The molecule has 0 aliphatic heterocycles. The molecule has 0 amide bonds.